The average Bonchev–Trinajstić information content (AvgIpc) is 3.22. The molecule has 4 rings (SSSR count). The molecule has 0 spiro atoms. The van der Waals surface area contributed by atoms with Gasteiger partial charge in [-0.3, -0.25) is 9.59 Å². The number of carbonyl (C=O) groups excluding carboxylic acids is 2. The van der Waals surface area contributed by atoms with Crippen molar-refractivity contribution in [3.63, 3.8) is 0 Å². The van der Waals surface area contributed by atoms with E-state index in [4.69, 9.17) is 9.72 Å². The zero-order chi connectivity index (χ0) is 22.5. The molecular weight excluding hydrogens is 430 g/mol. The number of hydrogen-bond donors (Lipinski definition) is 2. The van der Waals surface area contributed by atoms with Crippen LogP contribution >= 0.6 is 11.8 Å². The number of benzene rings is 1. The third-order valence-corrected chi connectivity index (χ3v) is 5.57. The number of amides is 2. The molecule has 1 aromatic carbocycles. The first-order valence-corrected chi connectivity index (χ1v) is 11.5. The van der Waals surface area contributed by atoms with Gasteiger partial charge < -0.3 is 20.3 Å². The molecule has 1 fully saturated rings. The third-order valence-electron chi connectivity index (χ3n) is 5.03. The second kappa shape index (κ2) is 9.96. The van der Waals surface area contributed by atoms with Gasteiger partial charge in [0.1, 0.15) is 5.82 Å². The Morgan fingerprint density at radius 1 is 1.16 bits per heavy atom. The molecule has 0 radical (unpaired) electrons. The average molecular weight is 456 g/mol. The van der Waals surface area contributed by atoms with E-state index in [1.807, 2.05) is 6.26 Å². The van der Waals surface area contributed by atoms with Crippen LogP contribution in [0.4, 0.5) is 11.5 Å². The molecule has 2 amide bonds. The van der Waals surface area contributed by atoms with Crippen molar-refractivity contribution in [1.29, 1.82) is 0 Å². The number of nitrogens with zero attached hydrogens (tertiary/aromatic N) is 5. The van der Waals surface area contributed by atoms with E-state index in [1.54, 1.807) is 35.1 Å². The van der Waals surface area contributed by atoms with E-state index >= 15 is 0 Å². The fourth-order valence-electron chi connectivity index (χ4n) is 3.48. The van der Waals surface area contributed by atoms with E-state index in [0.29, 0.717) is 42.7 Å². The SMILES string of the molecule is CSc1nc(N2CCOCC2)c2cnn(CCNC(=O)c3ccc(NC(C)=O)cc3)c2n1. The number of thioether (sulfide) groups is 1. The van der Waals surface area contributed by atoms with Crippen molar-refractivity contribution in [3.8, 4) is 0 Å². The van der Waals surface area contributed by atoms with Crippen molar-refractivity contribution in [3.05, 3.63) is 36.0 Å². The second-order valence-corrected chi connectivity index (χ2v) is 8.03. The number of anilines is 2. The molecule has 3 aromatic rings. The van der Waals surface area contributed by atoms with Crippen LogP contribution in [0.2, 0.25) is 0 Å². The fourth-order valence-corrected chi connectivity index (χ4v) is 3.83. The van der Waals surface area contributed by atoms with E-state index in [9.17, 15) is 9.59 Å². The number of aromatic nitrogens is 4. The van der Waals surface area contributed by atoms with Crippen LogP contribution in [0, 0.1) is 0 Å². The second-order valence-electron chi connectivity index (χ2n) is 7.25. The molecule has 0 saturated carbocycles. The Hall–Kier alpha value is -3.18. The lowest BCUT2D eigenvalue weighted by atomic mass is 10.2. The first kappa shape index (κ1) is 22.0. The molecule has 1 saturated heterocycles. The Labute approximate surface area is 189 Å². The van der Waals surface area contributed by atoms with Crippen LogP contribution in [0.25, 0.3) is 11.0 Å². The Kier molecular flexibility index (Phi) is 6.86. The van der Waals surface area contributed by atoms with Gasteiger partial charge in [-0.2, -0.15) is 5.10 Å². The number of carbonyl (C=O) groups is 2. The standard InChI is InChI=1S/C21H25N7O3S/c1-14(29)24-16-5-3-15(4-6-16)20(30)22-7-8-28-19-17(13-23-28)18(25-21(26-19)32-2)27-9-11-31-12-10-27/h3-6,13H,7-12H2,1-2H3,(H,22,30)(H,24,29). The Balaban J connectivity index is 1.44. The van der Waals surface area contributed by atoms with Gasteiger partial charge in [-0.1, -0.05) is 11.8 Å². The third kappa shape index (κ3) is 5.00. The van der Waals surface area contributed by atoms with Crippen LogP contribution in [-0.2, 0) is 16.1 Å². The maximum atomic E-state index is 12.5. The number of ether oxygens (including phenoxy) is 1. The Bertz CT molecular complexity index is 1110. The summed E-state index contributed by atoms with van der Waals surface area (Å²) in [6, 6.07) is 6.75. The smallest absolute Gasteiger partial charge is 0.251 e. The van der Waals surface area contributed by atoms with Crippen molar-refractivity contribution in [2.45, 2.75) is 18.6 Å². The molecule has 0 bridgehead atoms. The molecule has 1 aliphatic heterocycles. The number of rotatable bonds is 7. The van der Waals surface area contributed by atoms with Crippen molar-refractivity contribution in [2.75, 3.05) is 49.3 Å². The van der Waals surface area contributed by atoms with Crippen molar-refractivity contribution in [1.82, 2.24) is 25.1 Å². The van der Waals surface area contributed by atoms with Gasteiger partial charge in [0.25, 0.3) is 5.91 Å². The lowest BCUT2D eigenvalue weighted by Crippen LogP contribution is -2.37. The molecule has 0 unspecified atom stereocenters. The molecule has 0 atom stereocenters. The number of nitrogens with one attached hydrogen (secondary N) is 2. The first-order valence-electron chi connectivity index (χ1n) is 10.3. The summed E-state index contributed by atoms with van der Waals surface area (Å²) in [4.78, 5) is 35.1. The highest BCUT2D eigenvalue weighted by molar-refractivity contribution is 7.98. The van der Waals surface area contributed by atoms with Crippen LogP contribution in [-0.4, -0.2) is 70.7 Å². The molecule has 168 valence electrons. The predicted molar refractivity (Wildman–Crippen MR) is 123 cm³/mol. The van der Waals surface area contributed by atoms with Gasteiger partial charge >= 0.3 is 0 Å². The van der Waals surface area contributed by atoms with Crippen LogP contribution in [0.1, 0.15) is 17.3 Å². The van der Waals surface area contributed by atoms with E-state index in [-0.39, 0.29) is 11.8 Å². The molecule has 2 aromatic heterocycles. The van der Waals surface area contributed by atoms with E-state index < -0.39 is 0 Å². The molecule has 2 N–H and O–H groups in total. The molecule has 10 nitrogen and oxygen atoms in total. The maximum absolute atomic E-state index is 12.5. The van der Waals surface area contributed by atoms with E-state index in [2.05, 4.69) is 25.6 Å². The molecule has 0 aliphatic carbocycles. The summed E-state index contributed by atoms with van der Waals surface area (Å²) in [5, 5.41) is 11.7. The minimum atomic E-state index is -0.190. The summed E-state index contributed by atoms with van der Waals surface area (Å²) in [7, 11) is 0. The van der Waals surface area contributed by atoms with Gasteiger partial charge in [-0.05, 0) is 30.5 Å². The minimum absolute atomic E-state index is 0.154. The summed E-state index contributed by atoms with van der Waals surface area (Å²) >= 11 is 1.49. The molecule has 1 aliphatic rings. The summed E-state index contributed by atoms with van der Waals surface area (Å²) < 4.78 is 7.25. The van der Waals surface area contributed by atoms with Crippen molar-refractivity contribution in [2.24, 2.45) is 0 Å². The number of morpholine rings is 1. The van der Waals surface area contributed by atoms with Gasteiger partial charge in [0, 0.05) is 37.8 Å². The maximum Gasteiger partial charge on any atom is 0.251 e. The summed E-state index contributed by atoms with van der Waals surface area (Å²) in [5.74, 6) is 0.528. The quantitative estimate of drug-likeness (QED) is 0.409. The topological polar surface area (TPSA) is 114 Å². The largest absolute Gasteiger partial charge is 0.378 e. The van der Waals surface area contributed by atoms with E-state index in [0.717, 1.165) is 29.9 Å². The Morgan fingerprint density at radius 2 is 1.91 bits per heavy atom. The van der Waals surface area contributed by atoms with Crippen LogP contribution in [0.5, 0.6) is 0 Å². The first-order chi connectivity index (χ1) is 15.5. The van der Waals surface area contributed by atoms with E-state index in [1.165, 1.54) is 18.7 Å². The fraction of sp³-hybridized carbons (Fsp3) is 0.381. The number of hydrogen-bond acceptors (Lipinski definition) is 8. The summed E-state index contributed by atoms with van der Waals surface area (Å²) in [6.07, 6.45) is 3.73. The van der Waals surface area contributed by atoms with Gasteiger partial charge in [-0.25, -0.2) is 14.6 Å². The molecule has 11 heteroatoms. The summed E-state index contributed by atoms with van der Waals surface area (Å²) in [5.41, 5.74) is 1.92. The molecular formula is C21H25N7O3S. The molecule has 3 heterocycles. The normalized spacial score (nSPS) is 13.9. The van der Waals surface area contributed by atoms with Crippen LogP contribution in [0.3, 0.4) is 0 Å². The lowest BCUT2D eigenvalue weighted by Gasteiger charge is -2.28. The highest BCUT2D eigenvalue weighted by Gasteiger charge is 2.20. The monoisotopic (exact) mass is 455 g/mol. The van der Waals surface area contributed by atoms with Crippen LogP contribution in [0.15, 0.2) is 35.6 Å². The zero-order valence-corrected chi connectivity index (χ0v) is 18.8. The molecule has 32 heavy (non-hydrogen) atoms. The van der Waals surface area contributed by atoms with Gasteiger partial charge in [0.15, 0.2) is 10.8 Å². The highest BCUT2D eigenvalue weighted by Crippen LogP contribution is 2.27. The van der Waals surface area contributed by atoms with Crippen LogP contribution < -0.4 is 15.5 Å². The van der Waals surface area contributed by atoms with Gasteiger partial charge in [0.05, 0.1) is 31.3 Å². The zero-order valence-electron chi connectivity index (χ0n) is 18.0. The predicted octanol–water partition coefficient (Wildman–Crippen LogP) is 1.77. The van der Waals surface area contributed by atoms with Gasteiger partial charge in [0.2, 0.25) is 5.91 Å². The lowest BCUT2D eigenvalue weighted by molar-refractivity contribution is -0.114. The van der Waals surface area contributed by atoms with Crippen molar-refractivity contribution >= 4 is 46.1 Å². The summed E-state index contributed by atoms with van der Waals surface area (Å²) in [6.45, 7) is 5.22. The highest BCUT2D eigenvalue weighted by atomic mass is 32.2. The Morgan fingerprint density at radius 3 is 2.59 bits per heavy atom. The minimum Gasteiger partial charge on any atom is -0.378 e. The van der Waals surface area contributed by atoms with Gasteiger partial charge in [-0.15, -0.1) is 0 Å². The van der Waals surface area contributed by atoms with Crippen molar-refractivity contribution < 1.29 is 14.3 Å². The number of fused-ring (bicyclic) bond motifs is 1.